The van der Waals surface area contributed by atoms with Gasteiger partial charge in [-0.05, 0) is 24.6 Å². The van der Waals surface area contributed by atoms with E-state index in [-0.39, 0.29) is 23.4 Å². The summed E-state index contributed by atoms with van der Waals surface area (Å²) in [6, 6.07) is 5.03. The van der Waals surface area contributed by atoms with E-state index < -0.39 is 23.5 Å². The minimum atomic E-state index is -4.60. The van der Waals surface area contributed by atoms with E-state index in [4.69, 9.17) is 11.6 Å². The molecule has 32 heavy (non-hydrogen) atoms. The van der Waals surface area contributed by atoms with Gasteiger partial charge in [0, 0.05) is 17.7 Å². The summed E-state index contributed by atoms with van der Waals surface area (Å²) in [5, 5.41) is 2.81. The van der Waals surface area contributed by atoms with Gasteiger partial charge in [-0.2, -0.15) is 13.2 Å². The van der Waals surface area contributed by atoms with Crippen molar-refractivity contribution in [2.75, 3.05) is 5.32 Å². The summed E-state index contributed by atoms with van der Waals surface area (Å²) in [7, 11) is 0. The van der Waals surface area contributed by atoms with E-state index >= 15 is 0 Å². The van der Waals surface area contributed by atoms with Gasteiger partial charge in [0.25, 0.3) is 0 Å². The number of aryl methyl sites for hydroxylation is 1. The zero-order valence-electron chi connectivity index (χ0n) is 16.6. The van der Waals surface area contributed by atoms with Crippen LogP contribution < -0.4 is 5.32 Å². The first-order valence-corrected chi connectivity index (χ1v) is 9.84. The molecule has 1 aromatic carbocycles. The molecule has 5 nitrogen and oxygen atoms in total. The van der Waals surface area contributed by atoms with Gasteiger partial charge in [-0.25, -0.2) is 9.37 Å². The summed E-state index contributed by atoms with van der Waals surface area (Å²) in [4.78, 5) is 24.6. The molecule has 0 atom stereocenters. The molecule has 3 aromatic rings. The number of nitrogens with zero attached hydrogens (tertiary/aromatic N) is 3. The van der Waals surface area contributed by atoms with E-state index in [9.17, 15) is 22.4 Å². The van der Waals surface area contributed by atoms with Gasteiger partial charge in [0.05, 0.1) is 46.5 Å². The van der Waals surface area contributed by atoms with E-state index in [1.54, 1.807) is 12.1 Å². The van der Waals surface area contributed by atoms with Crippen LogP contribution in [0.25, 0.3) is 16.3 Å². The highest BCUT2D eigenvalue weighted by Crippen LogP contribution is 2.33. The van der Waals surface area contributed by atoms with Gasteiger partial charge < -0.3 is 5.32 Å². The molecule has 1 aliphatic rings. The Morgan fingerprint density at radius 3 is 2.69 bits per heavy atom. The van der Waals surface area contributed by atoms with Gasteiger partial charge in [0.15, 0.2) is 0 Å². The molecule has 4 rings (SSSR count). The van der Waals surface area contributed by atoms with Gasteiger partial charge >= 0.3 is 6.18 Å². The molecule has 0 spiro atoms. The summed E-state index contributed by atoms with van der Waals surface area (Å²) >= 11 is 6.10. The van der Waals surface area contributed by atoms with Crippen LogP contribution in [0.1, 0.15) is 28.2 Å². The molecule has 0 aliphatic heterocycles. The molecule has 164 valence electrons. The monoisotopic (exact) mass is 462 g/mol. The summed E-state index contributed by atoms with van der Waals surface area (Å²) in [6.45, 7) is 1.22. The van der Waals surface area contributed by atoms with Gasteiger partial charge in [0.1, 0.15) is 11.5 Å². The minimum absolute atomic E-state index is 0.0782. The Balaban J connectivity index is 1.49. The van der Waals surface area contributed by atoms with Crippen LogP contribution in [0.15, 0.2) is 42.7 Å². The highest BCUT2D eigenvalue weighted by atomic mass is 35.5. The normalized spacial score (nSPS) is 13.0. The Morgan fingerprint density at radius 1 is 1.19 bits per heavy atom. The molecule has 1 aliphatic carbocycles. The molecule has 2 aromatic heterocycles. The van der Waals surface area contributed by atoms with Crippen molar-refractivity contribution in [3.63, 3.8) is 0 Å². The van der Waals surface area contributed by atoms with Crippen molar-refractivity contribution in [2.45, 2.75) is 25.9 Å². The number of aromatic nitrogens is 3. The number of fused-ring (bicyclic) bond motifs is 1. The average molecular weight is 463 g/mol. The van der Waals surface area contributed by atoms with Gasteiger partial charge in [-0.3, -0.25) is 14.8 Å². The number of pyridine rings is 1. The van der Waals surface area contributed by atoms with Crippen molar-refractivity contribution < 1.29 is 22.4 Å². The highest BCUT2D eigenvalue weighted by Gasteiger charge is 2.33. The van der Waals surface area contributed by atoms with E-state index in [1.165, 1.54) is 25.3 Å². The second-order valence-electron chi connectivity index (χ2n) is 7.19. The summed E-state index contributed by atoms with van der Waals surface area (Å²) in [6.07, 6.45) is 0.0519. The van der Waals surface area contributed by atoms with E-state index in [2.05, 4.69) is 20.3 Å². The van der Waals surface area contributed by atoms with Crippen LogP contribution in [0.2, 0.25) is 0 Å². The molecule has 0 unspecified atom stereocenters. The molecule has 0 saturated heterocycles. The van der Waals surface area contributed by atoms with Crippen molar-refractivity contribution in [1.29, 1.82) is 0 Å². The second-order valence-corrected chi connectivity index (χ2v) is 7.60. The van der Waals surface area contributed by atoms with E-state index in [1.807, 2.05) is 0 Å². The topological polar surface area (TPSA) is 67.8 Å². The molecule has 0 saturated carbocycles. The first-order chi connectivity index (χ1) is 15.1. The fourth-order valence-corrected chi connectivity index (χ4v) is 3.52. The number of carbonyl (C=O) groups excluding carboxylic acids is 1. The Hall–Kier alpha value is -3.33. The number of hydrogen-bond acceptors (Lipinski definition) is 4. The smallest absolute Gasteiger partial charge is 0.324 e. The Labute approximate surface area is 185 Å². The van der Waals surface area contributed by atoms with Crippen LogP contribution in [0.5, 0.6) is 0 Å². The minimum Gasteiger partial charge on any atom is -0.324 e. The summed E-state index contributed by atoms with van der Waals surface area (Å²) in [5.41, 5.74) is 0.982. The van der Waals surface area contributed by atoms with Crippen molar-refractivity contribution in [3.8, 4) is 11.3 Å². The van der Waals surface area contributed by atoms with Crippen molar-refractivity contribution in [3.05, 3.63) is 76.8 Å². The third-order valence-corrected chi connectivity index (χ3v) is 5.26. The first-order valence-electron chi connectivity index (χ1n) is 9.46. The Kier molecular flexibility index (Phi) is 5.68. The number of halogens is 5. The van der Waals surface area contributed by atoms with Crippen LogP contribution in [0.3, 0.4) is 0 Å². The zero-order chi connectivity index (χ0) is 23.0. The molecule has 0 bridgehead atoms. The molecule has 1 amide bonds. The largest absolute Gasteiger partial charge is 0.418 e. The quantitative estimate of drug-likeness (QED) is 0.533. The standard InChI is InChI=1S/C22H15ClF4N4O/c1-11-15(22(25,26)27)8-14(9-28-11)30-20(32)7-12-2-3-13(6-17(12)24)19-10-29-18-5-4-16(23)21(18)31-19/h2-4,6,8-10H,5,7H2,1H3,(H,30,32). The average Bonchev–Trinajstić information content (AvgIpc) is 3.10. The molecule has 10 heteroatoms. The first kappa shape index (κ1) is 21.9. The van der Waals surface area contributed by atoms with Crippen LogP contribution in [-0.2, 0) is 23.8 Å². The maximum atomic E-state index is 14.6. The lowest BCUT2D eigenvalue weighted by Crippen LogP contribution is -2.17. The zero-order valence-corrected chi connectivity index (χ0v) is 17.4. The number of alkyl halides is 3. The molecular weight excluding hydrogens is 448 g/mol. The lowest BCUT2D eigenvalue weighted by molar-refractivity contribution is -0.138. The van der Waals surface area contributed by atoms with Crippen molar-refractivity contribution >= 4 is 28.2 Å². The number of benzene rings is 1. The lowest BCUT2D eigenvalue weighted by atomic mass is 10.1. The number of allylic oxidation sites excluding steroid dienone is 1. The van der Waals surface area contributed by atoms with E-state index in [0.29, 0.717) is 28.4 Å². The van der Waals surface area contributed by atoms with E-state index in [0.717, 1.165) is 18.0 Å². The highest BCUT2D eigenvalue weighted by molar-refractivity contribution is 6.49. The summed E-state index contributed by atoms with van der Waals surface area (Å²) in [5.74, 6) is -1.33. The predicted molar refractivity (Wildman–Crippen MR) is 111 cm³/mol. The maximum absolute atomic E-state index is 14.6. The Bertz CT molecular complexity index is 1260. The number of nitrogens with one attached hydrogen (secondary N) is 1. The maximum Gasteiger partial charge on any atom is 0.418 e. The van der Waals surface area contributed by atoms with Crippen LogP contribution in [0.4, 0.5) is 23.2 Å². The fraction of sp³-hybridized carbons (Fsp3) is 0.182. The van der Waals surface area contributed by atoms with Crippen LogP contribution in [0, 0.1) is 12.7 Å². The molecule has 0 radical (unpaired) electrons. The van der Waals surface area contributed by atoms with Crippen LogP contribution in [-0.4, -0.2) is 20.9 Å². The Morgan fingerprint density at radius 2 is 1.97 bits per heavy atom. The molecule has 2 heterocycles. The van der Waals surface area contributed by atoms with Crippen LogP contribution >= 0.6 is 11.6 Å². The molecular formula is C22H15ClF4N4O. The third-order valence-electron chi connectivity index (χ3n) is 4.93. The SMILES string of the molecule is Cc1ncc(NC(=O)Cc2ccc(-c3cnc4c(n3)C(Cl)=CC4)cc2F)cc1C(F)(F)F. The summed E-state index contributed by atoms with van der Waals surface area (Å²) < 4.78 is 53.7. The number of carbonyl (C=O) groups is 1. The second kappa shape index (κ2) is 8.31. The van der Waals surface area contributed by atoms with Crippen molar-refractivity contribution in [2.24, 2.45) is 0 Å². The number of anilines is 1. The van der Waals surface area contributed by atoms with Gasteiger partial charge in [0.2, 0.25) is 5.91 Å². The molecule has 1 N–H and O–H groups in total. The number of amides is 1. The predicted octanol–water partition coefficient (Wildman–Crippen LogP) is 5.32. The lowest BCUT2D eigenvalue weighted by Gasteiger charge is -2.12. The van der Waals surface area contributed by atoms with Crippen molar-refractivity contribution in [1.82, 2.24) is 15.0 Å². The molecule has 0 fully saturated rings. The number of hydrogen-bond donors (Lipinski definition) is 1. The fourth-order valence-electron chi connectivity index (χ4n) is 3.29. The number of rotatable bonds is 4. The van der Waals surface area contributed by atoms with Gasteiger partial charge in [-0.1, -0.05) is 29.8 Å². The van der Waals surface area contributed by atoms with Gasteiger partial charge in [-0.15, -0.1) is 0 Å². The third kappa shape index (κ3) is 4.47.